The monoisotopic (exact) mass is 271 g/mol. The van der Waals surface area contributed by atoms with Crippen LogP contribution in [-0.4, -0.2) is 21.1 Å². The van der Waals surface area contributed by atoms with Gasteiger partial charge in [-0.05, 0) is 36.9 Å². The lowest BCUT2D eigenvalue weighted by atomic mass is 10.2. The van der Waals surface area contributed by atoms with Gasteiger partial charge in [0, 0.05) is 12.8 Å². The Labute approximate surface area is 109 Å². The van der Waals surface area contributed by atoms with Gasteiger partial charge in [-0.1, -0.05) is 11.6 Å². The molecule has 0 aromatic carbocycles. The van der Waals surface area contributed by atoms with Crippen LogP contribution in [-0.2, 0) is 4.74 Å². The average molecular weight is 272 g/mol. The van der Waals surface area contributed by atoms with Crippen LogP contribution < -0.4 is 0 Å². The molecule has 0 N–H and O–H groups in total. The molecule has 0 amide bonds. The Bertz CT molecular complexity index is 549. The standard InChI is InChI=1S/C11H11Cl2N3O/c12-9-7-4-5-16(8-3-1-2-6-17-8)10(7)15-11(13)14-9/h4-5,8H,1-3,6H2. The molecule has 2 aromatic rings. The summed E-state index contributed by atoms with van der Waals surface area (Å²) in [5.41, 5.74) is 0.738. The van der Waals surface area contributed by atoms with E-state index in [-0.39, 0.29) is 11.5 Å². The summed E-state index contributed by atoms with van der Waals surface area (Å²) in [4.78, 5) is 8.15. The highest BCUT2D eigenvalue weighted by atomic mass is 35.5. The molecule has 0 aliphatic carbocycles. The number of hydrogen-bond donors (Lipinski definition) is 0. The average Bonchev–Trinajstić information content (AvgIpc) is 2.74. The SMILES string of the molecule is Clc1nc(Cl)c2ccn(C3CCCCO3)c2n1. The first-order chi connectivity index (χ1) is 8.25. The van der Waals surface area contributed by atoms with Crippen LogP contribution in [0, 0.1) is 0 Å². The van der Waals surface area contributed by atoms with Crippen molar-refractivity contribution in [3.63, 3.8) is 0 Å². The van der Waals surface area contributed by atoms with Gasteiger partial charge in [0.25, 0.3) is 0 Å². The van der Waals surface area contributed by atoms with Crippen LogP contribution in [0.1, 0.15) is 25.5 Å². The van der Waals surface area contributed by atoms with E-state index in [1.807, 2.05) is 16.8 Å². The van der Waals surface area contributed by atoms with Crippen molar-refractivity contribution >= 4 is 34.2 Å². The summed E-state index contributed by atoms with van der Waals surface area (Å²) in [6.45, 7) is 0.789. The third-order valence-corrected chi connectivity index (χ3v) is 3.42. The van der Waals surface area contributed by atoms with E-state index < -0.39 is 0 Å². The molecule has 0 saturated carbocycles. The van der Waals surface area contributed by atoms with E-state index in [0.717, 1.165) is 36.9 Å². The Morgan fingerprint density at radius 1 is 1.29 bits per heavy atom. The van der Waals surface area contributed by atoms with E-state index in [2.05, 4.69) is 9.97 Å². The Hall–Kier alpha value is -0.840. The number of halogens is 2. The predicted molar refractivity (Wildman–Crippen MR) is 66.4 cm³/mol. The molecule has 1 fully saturated rings. The maximum atomic E-state index is 6.02. The molecule has 0 bridgehead atoms. The van der Waals surface area contributed by atoms with Crippen molar-refractivity contribution in [1.82, 2.24) is 14.5 Å². The van der Waals surface area contributed by atoms with E-state index >= 15 is 0 Å². The number of aromatic nitrogens is 3. The quantitative estimate of drug-likeness (QED) is 0.589. The van der Waals surface area contributed by atoms with Gasteiger partial charge >= 0.3 is 0 Å². The zero-order chi connectivity index (χ0) is 11.8. The maximum absolute atomic E-state index is 6.02. The molecule has 1 unspecified atom stereocenters. The Morgan fingerprint density at radius 2 is 2.18 bits per heavy atom. The third kappa shape index (κ3) is 2.01. The lowest BCUT2D eigenvalue weighted by molar-refractivity contribution is -0.0294. The minimum Gasteiger partial charge on any atom is -0.358 e. The van der Waals surface area contributed by atoms with Gasteiger partial charge in [0.05, 0.1) is 5.39 Å². The largest absolute Gasteiger partial charge is 0.358 e. The van der Waals surface area contributed by atoms with Gasteiger partial charge < -0.3 is 9.30 Å². The second-order valence-electron chi connectivity index (χ2n) is 4.06. The van der Waals surface area contributed by atoms with Gasteiger partial charge in [0.1, 0.15) is 17.0 Å². The molecule has 3 rings (SSSR count). The third-order valence-electron chi connectivity index (χ3n) is 2.96. The Kier molecular flexibility index (Phi) is 2.94. The topological polar surface area (TPSA) is 39.9 Å². The fourth-order valence-corrected chi connectivity index (χ4v) is 2.58. The molecular formula is C11H11Cl2N3O. The van der Waals surface area contributed by atoms with Gasteiger partial charge in [-0.15, -0.1) is 0 Å². The van der Waals surface area contributed by atoms with Crippen LogP contribution in [0.2, 0.25) is 10.4 Å². The number of fused-ring (bicyclic) bond motifs is 1. The van der Waals surface area contributed by atoms with Gasteiger partial charge in [0.2, 0.25) is 5.28 Å². The number of rotatable bonds is 1. The van der Waals surface area contributed by atoms with Crippen LogP contribution in [0.5, 0.6) is 0 Å². The van der Waals surface area contributed by atoms with Crippen LogP contribution in [0.3, 0.4) is 0 Å². The summed E-state index contributed by atoms with van der Waals surface area (Å²) >= 11 is 11.9. The van der Waals surface area contributed by atoms with E-state index in [1.54, 1.807) is 0 Å². The van der Waals surface area contributed by atoms with Crippen LogP contribution >= 0.6 is 23.2 Å². The highest BCUT2D eigenvalue weighted by Gasteiger charge is 2.19. The first kappa shape index (κ1) is 11.3. The van der Waals surface area contributed by atoms with Gasteiger partial charge in [-0.25, -0.2) is 4.98 Å². The molecule has 17 heavy (non-hydrogen) atoms. The van der Waals surface area contributed by atoms with E-state index in [0.29, 0.717) is 5.15 Å². The normalized spacial score (nSPS) is 20.9. The van der Waals surface area contributed by atoms with Crippen molar-refractivity contribution in [2.45, 2.75) is 25.5 Å². The van der Waals surface area contributed by atoms with Gasteiger partial charge in [0.15, 0.2) is 0 Å². The number of ether oxygens (including phenoxy) is 1. The highest BCUT2D eigenvalue weighted by molar-refractivity contribution is 6.35. The summed E-state index contributed by atoms with van der Waals surface area (Å²) < 4.78 is 7.71. The lowest BCUT2D eigenvalue weighted by Gasteiger charge is -2.24. The number of hydrogen-bond acceptors (Lipinski definition) is 3. The molecule has 1 aliphatic heterocycles. The minimum atomic E-state index is 0.0308. The van der Waals surface area contributed by atoms with Crippen molar-refractivity contribution in [1.29, 1.82) is 0 Å². The summed E-state index contributed by atoms with van der Waals surface area (Å²) in [5.74, 6) is 0. The molecule has 0 radical (unpaired) electrons. The highest BCUT2D eigenvalue weighted by Crippen LogP contribution is 2.29. The maximum Gasteiger partial charge on any atom is 0.225 e. The van der Waals surface area contributed by atoms with Crippen molar-refractivity contribution in [2.24, 2.45) is 0 Å². The summed E-state index contributed by atoms with van der Waals surface area (Å²) in [6, 6.07) is 1.89. The molecule has 6 heteroatoms. The second-order valence-corrected chi connectivity index (χ2v) is 4.76. The van der Waals surface area contributed by atoms with Crippen molar-refractivity contribution in [3.05, 3.63) is 22.7 Å². The molecule has 90 valence electrons. The smallest absolute Gasteiger partial charge is 0.225 e. The molecule has 1 saturated heterocycles. The van der Waals surface area contributed by atoms with E-state index in [4.69, 9.17) is 27.9 Å². The van der Waals surface area contributed by atoms with Crippen molar-refractivity contribution < 1.29 is 4.74 Å². The molecule has 4 nitrogen and oxygen atoms in total. The molecule has 0 spiro atoms. The first-order valence-corrected chi connectivity index (χ1v) is 6.32. The molecule has 3 heterocycles. The predicted octanol–water partition coefficient (Wildman–Crippen LogP) is 3.44. The second kappa shape index (κ2) is 4.44. The summed E-state index contributed by atoms with van der Waals surface area (Å²) in [5, 5.41) is 1.36. The molecular weight excluding hydrogens is 261 g/mol. The van der Waals surface area contributed by atoms with Gasteiger partial charge in [-0.2, -0.15) is 4.98 Å². The molecule has 1 aliphatic rings. The molecule has 2 aromatic heterocycles. The minimum absolute atomic E-state index is 0.0308. The Morgan fingerprint density at radius 3 is 2.94 bits per heavy atom. The zero-order valence-electron chi connectivity index (χ0n) is 9.07. The van der Waals surface area contributed by atoms with E-state index in [1.165, 1.54) is 0 Å². The first-order valence-electron chi connectivity index (χ1n) is 5.57. The Balaban J connectivity index is 2.10. The number of nitrogens with zero attached hydrogens (tertiary/aromatic N) is 3. The van der Waals surface area contributed by atoms with Crippen molar-refractivity contribution in [2.75, 3.05) is 6.61 Å². The molecule has 1 atom stereocenters. The van der Waals surface area contributed by atoms with Crippen LogP contribution in [0.15, 0.2) is 12.3 Å². The van der Waals surface area contributed by atoms with Crippen LogP contribution in [0.4, 0.5) is 0 Å². The van der Waals surface area contributed by atoms with Gasteiger partial charge in [-0.3, -0.25) is 0 Å². The zero-order valence-corrected chi connectivity index (χ0v) is 10.6. The summed E-state index contributed by atoms with van der Waals surface area (Å²) in [6.07, 6.45) is 5.23. The van der Waals surface area contributed by atoms with Crippen molar-refractivity contribution in [3.8, 4) is 0 Å². The fourth-order valence-electron chi connectivity index (χ4n) is 2.15. The fraction of sp³-hybridized carbons (Fsp3) is 0.455. The van der Waals surface area contributed by atoms with Crippen LogP contribution in [0.25, 0.3) is 11.0 Å². The lowest BCUT2D eigenvalue weighted by Crippen LogP contribution is -2.17. The van der Waals surface area contributed by atoms with E-state index in [9.17, 15) is 0 Å². The summed E-state index contributed by atoms with van der Waals surface area (Å²) in [7, 11) is 0.